The molecule has 0 aromatic rings. The summed E-state index contributed by atoms with van der Waals surface area (Å²) in [5, 5.41) is 0. The van der Waals surface area contributed by atoms with Gasteiger partial charge in [-0.15, -0.1) is 24.8 Å². The Balaban J connectivity index is 0. The fourth-order valence-electron chi connectivity index (χ4n) is 2.09. The first-order chi connectivity index (χ1) is 7.82. The average molecular weight is 313 g/mol. The van der Waals surface area contributed by atoms with Gasteiger partial charge in [-0.25, -0.2) is 0 Å². The van der Waals surface area contributed by atoms with Crippen molar-refractivity contribution in [2.75, 3.05) is 6.54 Å². The molecule has 2 amide bonds. The fraction of sp³-hybridized carbons (Fsp3) is 0.750. The van der Waals surface area contributed by atoms with Gasteiger partial charge in [0, 0.05) is 6.54 Å². The van der Waals surface area contributed by atoms with Crippen LogP contribution in [0.1, 0.15) is 27.7 Å². The molecule has 1 heterocycles. The molecule has 3 atom stereocenters. The van der Waals surface area contributed by atoms with Crippen LogP contribution in [0.25, 0.3) is 0 Å². The van der Waals surface area contributed by atoms with Crippen LogP contribution < -0.4 is 5.73 Å². The highest BCUT2D eigenvalue weighted by molar-refractivity contribution is 6.16. The van der Waals surface area contributed by atoms with Gasteiger partial charge in [0.15, 0.2) is 5.78 Å². The first-order valence-electron chi connectivity index (χ1n) is 5.97. The molecule has 7 heteroatoms. The number of rotatable bonds is 4. The lowest BCUT2D eigenvalue weighted by molar-refractivity contribution is -0.140. The molecule has 0 aromatic heterocycles. The summed E-state index contributed by atoms with van der Waals surface area (Å²) in [7, 11) is 0. The van der Waals surface area contributed by atoms with E-state index in [1.165, 1.54) is 0 Å². The van der Waals surface area contributed by atoms with E-state index in [2.05, 4.69) is 0 Å². The Labute approximate surface area is 126 Å². The van der Waals surface area contributed by atoms with E-state index in [1.807, 2.05) is 13.8 Å². The lowest BCUT2D eigenvalue weighted by Gasteiger charge is -2.19. The highest BCUT2D eigenvalue weighted by atomic mass is 35.5. The van der Waals surface area contributed by atoms with Gasteiger partial charge in [0.1, 0.15) is 5.92 Å². The molecular weight excluding hydrogens is 291 g/mol. The summed E-state index contributed by atoms with van der Waals surface area (Å²) >= 11 is 0. The number of nitrogens with two attached hydrogens (primary N) is 1. The van der Waals surface area contributed by atoms with Gasteiger partial charge in [-0.05, 0) is 12.8 Å². The van der Waals surface area contributed by atoms with Crippen molar-refractivity contribution in [2.45, 2.75) is 33.7 Å². The molecule has 0 saturated carbocycles. The van der Waals surface area contributed by atoms with Gasteiger partial charge in [-0.1, -0.05) is 20.8 Å². The quantitative estimate of drug-likeness (QED) is 0.621. The van der Waals surface area contributed by atoms with Crippen LogP contribution >= 0.6 is 24.8 Å². The number of Topliss-reactive ketones (excluding diaryl/α,β-unsaturated/α-hetero) is 1. The van der Waals surface area contributed by atoms with Crippen molar-refractivity contribution >= 4 is 42.4 Å². The Bertz CT molecular complexity index is 361. The number of ketones is 1. The predicted molar refractivity (Wildman–Crippen MR) is 77.4 cm³/mol. The van der Waals surface area contributed by atoms with Crippen LogP contribution in [0.3, 0.4) is 0 Å². The molecule has 1 aliphatic heterocycles. The minimum Gasteiger partial charge on any atom is -0.321 e. The molecule has 1 saturated heterocycles. The smallest absolute Gasteiger partial charge is 0.240 e. The fourth-order valence-corrected chi connectivity index (χ4v) is 2.09. The Morgan fingerprint density at radius 1 is 1.26 bits per heavy atom. The van der Waals surface area contributed by atoms with Crippen LogP contribution in [-0.4, -0.2) is 35.1 Å². The first kappa shape index (κ1) is 20.7. The molecule has 19 heavy (non-hydrogen) atoms. The second-order valence-corrected chi connectivity index (χ2v) is 4.86. The van der Waals surface area contributed by atoms with E-state index in [1.54, 1.807) is 13.8 Å². The van der Waals surface area contributed by atoms with Crippen molar-refractivity contribution in [3.8, 4) is 0 Å². The van der Waals surface area contributed by atoms with Gasteiger partial charge in [-0.3, -0.25) is 19.3 Å². The predicted octanol–water partition coefficient (Wildman–Crippen LogP) is 1.02. The molecule has 0 radical (unpaired) electrons. The van der Waals surface area contributed by atoms with E-state index in [0.29, 0.717) is 6.54 Å². The van der Waals surface area contributed by atoms with Crippen molar-refractivity contribution in [3.63, 3.8) is 0 Å². The monoisotopic (exact) mass is 312 g/mol. The zero-order valence-electron chi connectivity index (χ0n) is 11.6. The van der Waals surface area contributed by atoms with E-state index in [0.717, 1.165) is 4.90 Å². The molecule has 0 spiro atoms. The number of imide groups is 1. The lowest BCUT2D eigenvalue weighted by Crippen LogP contribution is -2.43. The zero-order valence-corrected chi connectivity index (χ0v) is 13.2. The summed E-state index contributed by atoms with van der Waals surface area (Å²) in [5.74, 6) is -2.49. The molecule has 2 N–H and O–H groups in total. The maximum Gasteiger partial charge on any atom is 0.240 e. The van der Waals surface area contributed by atoms with Crippen LogP contribution in [-0.2, 0) is 14.4 Å². The normalized spacial score (nSPS) is 24.0. The SMILES string of the molecule is CCN1C(=O)[C@@H](C(=O)[C@@H](N)C(C)C)[C@H](C)C1=O.Cl.Cl. The second kappa shape index (κ2) is 7.82. The number of carbonyl (C=O) groups excluding carboxylic acids is 3. The van der Waals surface area contributed by atoms with E-state index >= 15 is 0 Å². The Morgan fingerprint density at radius 2 is 1.74 bits per heavy atom. The van der Waals surface area contributed by atoms with E-state index in [-0.39, 0.29) is 42.4 Å². The number of carbonyl (C=O) groups is 3. The van der Waals surface area contributed by atoms with Gasteiger partial charge in [0.2, 0.25) is 11.8 Å². The van der Waals surface area contributed by atoms with Crippen LogP contribution in [0.2, 0.25) is 0 Å². The van der Waals surface area contributed by atoms with E-state index in [4.69, 9.17) is 5.73 Å². The highest BCUT2D eigenvalue weighted by Crippen LogP contribution is 2.28. The largest absolute Gasteiger partial charge is 0.321 e. The molecular formula is C12H22Cl2N2O3. The van der Waals surface area contributed by atoms with Gasteiger partial charge in [0.25, 0.3) is 0 Å². The number of hydrogen-bond donors (Lipinski definition) is 1. The minimum atomic E-state index is -0.889. The molecule has 0 unspecified atom stereocenters. The number of amides is 2. The molecule has 5 nitrogen and oxygen atoms in total. The minimum absolute atomic E-state index is 0. The van der Waals surface area contributed by atoms with Crippen LogP contribution in [0.4, 0.5) is 0 Å². The highest BCUT2D eigenvalue weighted by Gasteiger charge is 2.49. The van der Waals surface area contributed by atoms with Gasteiger partial charge >= 0.3 is 0 Å². The molecule has 0 aliphatic carbocycles. The Morgan fingerprint density at radius 3 is 2.05 bits per heavy atom. The zero-order chi connectivity index (χ0) is 13.3. The summed E-state index contributed by atoms with van der Waals surface area (Å²) in [6.45, 7) is 7.30. The van der Waals surface area contributed by atoms with Gasteiger partial charge < -0.3 is 5.73 Å². The van der Waals surface area contributed by atoms with Crippen molar-refractivity contribution in [1.29, 1.82) is 0 Å². The third-order valence-corrected chi connectivity index (χ3v) is 3.36. The third kappa shape index (κ3) is 3.68. The van der Waals surface area contributed by atoms with E-state index < -0.39 is 23.8 Å². The van der Waals surface area contributed by atoms with Crippen molar-refractivity contribution < 1.29 is 14.4 Å². The summed E-state index contributed by atoms with van der Waals surface area (Å²) in [6, 6.07) is -0.684. The van der Waals surface area contributed by atoms with Crippen molar-refractivity contribution in [1.82, 2.24) is 4.90 Å². The summed E-state index contributed by atoms with van der Waals surface area (Å²) in [4.78, 5) is 36.9. The number of hydrogen-bond acceptors (Lipinski definition) is 4. The lowest BCUT2D eigenvalue weighted by atomic mass is 9.85. The number of halogens is 2. The third-order valence-electron chi connectivity index (χ3n) is 3.36. The summed E-state index contributed by atoms with van der Waals surface area (Å²) in [5.41, 5.74) is 5.77. The van der Waals surface area contributed by atoms with Crippen LogP contribution in [0.5, 0.6) is 0 Å². The van der Waals surface area contributed by atoms with Gasteiger partial charge in [0.05, 0.1) is 12.0 Å². The Kier molecular flexibility index (Phi) is 8.51. The van der Waals surface area contributed by atoms with Crippen molar-refractivity contribution in [2.24, 2.45) is 23.5 Å². The molecule has 1 aliphatic rings. The Hall–Kier alpha value is -0.650. The molecule has 112 valence electrons. The van der Waals surface area contributed by atoms with Crippen LogP contribution in [0.15, 0.2) is 0 Å². The van der Waals surface area contributed by atoms with Crippen molar-refractivity contribution in [3.05, 3.63) is 0 Å². The standard InChI is InChI=1S/C12H20N2O3.2ClH/c1-5-14-11(16)7(4)8(12(14)17)10(15)9(13)6(2)3;;/h6-9H,5,13H2,1-4H3;2*1H/t7-,8+,9-;;/m0../s1. The summed E-state index contributed by atoms with van der Waals surface area (Å²) in [6.07, 6.45) is 0. The summed E-state index contributed by atoms with van der Waals surface area (Å²) < 4.78 is 0. The first-order valence-corrected chi connectivity index (χ1v) is 5.97. The average Bonchev–Trinajstić information content (AvgIpc) is 2.48. The van der Waals surface area contributed by atoms with E-state index in [9.17, 15) is 14.4 Å². The maximum atomic E-state index is 12.1. The second-order valence-electron chi connectivity index (χ2n) is 4.86. The molecule has 1 rings (SSSR count). The maximum absolute atomic E-state index is 12.1. The van der Waals surface area contributed by atoms with Gasteiger partial charge in [-0.2, -0.15) is 0 Å². The molecule has 0 aromatic carbocycles. The topological polar surface area (TPSA) is 80.5 Å². The number of nitrogens with zero attached hydrogens (tertiary/aromatic N) is 1. The number of likely N-dealkylation sites (tertiary alicyclic amines) is 1. The van der Waals surface area contributed by atoms with Crippen LogP contribution in [0, 0.1) is 17.8 Å². The molecule has 1 fully saturated rings. The molecule has 0 bridgehead atoms.